The van der Waals surface area contributed by atoms with E-state index in [1.54, 1.807) is 17.4 Å². The first-order chi connectivity index (χ1) is 15.0. The molecule has 0 fully saturated rings. The number of nitrogens with two attached hydrogens (primary N) is 1. The molecule has 158 valence electrons. The minimum atomic E-state index is -0.597. The summed E-state index contributed by atoms with van der Waals surface area (Å²) in [6.45, 7) is 1.93. The number of carbonyl (C=O) groups is 2. The van der Waals surface area contributed by atoms with Gasteiger partial charge in [-0.15, -0.1) is 32.9 Å². The van der Waals surface area contributed by atoms with E-state index in [4.69, 9.17) is 10.2 Å². The van der Waals surface area contributed by atoms with Crippen molar-refractivity contribution in [1.29, 1.82) is 0 Å². The van der Waals surface area contributed by atoms with Crippen LogP contribution in [-0.4, -0.2) is 32.7 Å². The maximum atomic E-state index is 12.4. The summed E-state index contributed by atoms with van der Waals surface area (Å²) in [5.41, 5.74) is 7.58. The van der Waals surface area contributed by atoms with Gasteiger partial charge < -0.3 is 15.5 Å². The van der Waals surface area contributed by atoms with Gasteiger partial charge in [0.05, 0.1) is 28.4 Å². The second-order valence-electron chi connectivity index (χ2n) is 6.42. The fourth-order valence-corrected chi connectivity index (χ4v) is 4.99. The molecule has 0 spiro atoms. The number of benzene rings is 1. The molecule has 3 aromatic heterocycles. The standard InChI is InChI=1S/C20H17N5O3S3/c1-11-22-13(9-29-11)7-17-24-25-20(28-17)30-10-16(26)23-19-14(18(21)27)8-15(31-19)12-5-3-2-4-6-12/h2-6,8-9H,7,10H2,1H3,(H2,21,27)(H,23,26). The number of carbonyl (C=O) groups excluding carboxylic acids is 2. The second kappa shape index (κ2) is 9.41. The molecule has 0 radical (unpaired) electrons. The predicted octanol–water partition coefficient (Wildman–Crippen LogP) is 3.98. The van der Waals surface area contributed by atoms with E-state index in [9.17, 15) is 9.59 Å². The summed E-state index contributed by atoms with van der Waals surface area (Å²) in [6.07, 6.45) is 0.448. The van der Waals surface area contributed by atoms with Crippen molar-refractivity contribution < 1.29 is 14.0 Å². The van der Waals surface area contributed by atoms with Gasteiger partial charge in [0.1, 0.15) is 5.00 Å². The molecule has 0 bridgehead atoms. The maximum absolute atomic E-state index is 12.4. The number of rotatable bonds is 8. The first kappa shape index (κ1) is 21.2. The van der Waals surface area contributed by atoms with Crippen molar-refractivity contribution >= 4 is 51.3 Å². The summed E-state index contributed by atoms with van der Waals surface area (Å²) in [5, 5.41) is 14.3. The van der Waals surface area contributed by atoms with Crippen LogP contribution in [0, 0.1) is 6.92 Å². The van der Waals surface area contributed by atoms with E-state index >= 15 is 0 Å². The number of amides is 2. The molecule has 1 aromatic carbocycles. The minimum absolute atomic E-state index is 0.0498. The Morgan fingerprint density at radius 2 is 2.03 bits per heavy atom. The summed E-state index contributed by atoms with van der Waals surface area (Å²) >= 11 is 3.98. The van der Waals surface area contributed by atoms with Gasteiger partial charge >= 0.3 is 0 Å². The van der Waals surface area contributed by atoms with E-state index in [1.165, 1.54) is 11.3 Å². The summed E-state index contributed by atoms with van der Waals surface area (Å²) in [6, 6.07) is 11.3. The molecule has 0 saturated carbocycles. The molecular weight excluding hydrogens is 454 g/mol. The number of thioether (sulfide) groups is 1. The van der Waals surface area contributed by atoms with Gasteiger partial charge in [0.2, 0.25) is 11.8 Å². The number of nitrogens with zero attached hydrogens (tertiary/aromatic N) is 3. The number of aryl methyl sites for hydroxylation is 1. The van der Waals surface area contributed by atoms with Crippen LogP contribution in [0.2, 0.25) is 0 Å². The van der Waals surface area contributed by atoms with Crippen molar-refractivity contribution in [2.75, 3.05) is 11.1 Å². The molecule has 0 atom stereocenters. The molecule has 3 N–H and O–H groups in total. The van der Waals surface area contributed by atoms with Crippen LogP contribution in [0.1, 0.15) is 27.0 Å². The lowest BCUT2D eigenvalue weighted by molar-refractivity contribution is -0.113. The van der Waals surface area contributed by atoms with Crippen LogP contribution in [0.3, 0.4) is 0 Å². The van der Waals surface area contributed by atoms with E-state index < -0.39 is 5.91 Å². The number of aromatic nitrogens is 3. The van der Waals surface area contributed by atoms with Crippen LogP contribution in [0.4, 0.5) is 5.00 Å². The Bertz CT molecular complexity index is 1220. The van der Waals surface area contributed by atoms with Gasteiger partial charge in [0, 0.05) is 10.3 Å². The van der Waals surface area contributed by atoms with Crippen molar-refractivity contribution in [3.05, 3.63) is 63.9 Å². The SMILES string of the molecule is Cc1nc(Cc2nnc(SCC(=O)Nc3sc(-c4ccccc4)cc3C(N)=O)o2)cs1. The Labute approximate surface area is 189 Å². The average Bonchev–Trinajstić information content (AvgIpc) is 3.48. The Kier molecular flexibility index (Phi) is 6.44. The van der Waals surface area contributed by atoms with Crippen LogP contribution in [-0.2, 0) is 11.2 Å². The van der Waals surface area contributed by atoms with Crippen LogP contribution < -0.4 is 11.1 Å². The molecule has 4 rings (SSSR count). The van der Waals surface area contributed by atoms with Gasteiger partial charge in [0.15, 0.2) is 0 Å². The maximum Gasteiger partial charge on any atom is 0.277 e. The predicted molar refractivity (Wildman–Crippen MR) is 122 cm³/mol. The third-order valence-corrected chi connectivity index (χ3v) is 6.82. The largest absolute Gasteiger partial charge is 0.416 e. The fraction of sp³-hybridized carbons (Fsp3) is 0.150. The zero-order valence-electron chi connectivity index (χ0n) is 16.3. The highest BCUT2D eigenvalue weighted by Crippen LogP contribution is 2.35. The number of hydrogen-bond donors (Lipinski definition) is 2. The molecule has 0 aliphatic carbocycles. The summed E-state index contributed by atoms with van der Waals surface area (Å²) in [7, 11) is 0. The Hall–Kier alpha value is -3.02. The van der Waals surface area contributed by atoms with Gasteiger partial charge in [-0.2, -0.15) is 0 Å². The van der Waals surface area contributed by atoms with Crippen LogP contribution in [0.15, 0.2) is 51.4 Å². The van der Waals surface area contributed by atoms with Crippen molar-refractivity contribution in [1.82, 2.24) is 15.2 Å². The van der Waals surface area contributed by atoms with Crippen molar-refractivity contribution in [2.45, 2.75) is 18.6 Å². The number of thiazole rings is 1. The molecule has 2 amide bonds. The highest BCUT2D eigenvalue weighted by Gasteiger charge is 2.18. The number of nitrogens with one attached hydrogen (secondary N) is 1. The molecule has 0 saturated heterocycles. The van der Waals surface area contributed by atoms with Gasteiger partial charge in [-0.05, 0) is 18.6 Å². The summed E-state index contributed by atoms with van der Waals surface area (Å²) < 4.78 is 5.58. The van der Waals surface area contributed by atoms with Crippen molar-refractivity contribution in [2.24, 2.45) is 5.73 Å². The number of hydrogen-bond acceptors (Lipinski definition) is 9. The van der Waals surface area contributed by atoms with Gasteiger partial charge in [-0.1, -0.05) is 42.1 Å². The molecule has 8 nitrogen and oxygen atoms in total. The summed E-state index contributed by atoms with van der Waals surface area (Å²) in [5.74, 6) is -0.409. The second-order valence-corrected chi connectivity index (χ2v) is 9.46. The normalized spacial score (nSPS) is 10.9. The van der Waals surface area contributed by atoms with E-state index in [0.717, 1.165) is 32.9 Å². The average molecular weight is 472 g/mol. The van der Waals surface area contributed by atoms with E-state index in [0.29, 0.717) is 22.5 Å². The molecule has 3 heterocycles. The fourth-order valence-electron chi connectivity index (χ4n) is 2.71. The highest BCUT2D eigenvalue weighted by molar-refractivity contribution is 7.99. The van der Waals surface area contributed by atoms with Crippen molar-refractivity contribution in [3.8, 4) is 10.4 Å². The Balaban J connectivity index is 1.38. The van der Waals surface area contributed by atoms with Crippen LogP contribution in [0.25, 0.3) is 10.4 Å². The lowest BCUT2D eigenvalue weighted by atomic mass is 10.1. The van der Waals surface area contributed by atoms with Gasteiger partial charge in [0.25, 0.3) is 11.1 Å². The van der Waals surface area contributed by atoms with Crippen LogP contribution >= 0.6 is 34.4 Å². The number of anilines is 1. The Morgan fingerprint density at radius 3 is 2.74 bits per heavy atom. The molecule has 11 heteroatoms. The lowest BCUT2D eigenvalue weighted by Crippen LogP contribution is -2.17. The van der Waals surface area contributed by atoms with E-state index in [-0.39, 0.29) is 17.2 Å². The monoisotopic (exact) mass is 471 g/mol. The first-order valence-corrected chi connectivity index (χ1v) is 11.8. The van der Waals surface area contributed by atoms with Crippen molar-refractivity contribution in [3.63, 3.8) is 0 Å². The van der Waals surface area contributed by atoms with Gasteiger partial charge in [-0.3, -0.25) is 9.59 Å². The summed E-state index contributed by atoms with van der Waals surface area (Å²) in [4.78, 5) is 29.5. The Morgan fingerprint density at radius 1 is 1.23 bits per heavy atom. The molecular formula is C20H17N5O3S3. The molecule has 0 aliphatic heterocycles. The quantitative estimate of drug-likeness (QED) is 0.372. The first-order valence-electron chi connectivity index (χ1n) is 9.13. The lowest BCUT2D eigenvalue weighted by Gasteiger charge is -2.03. The zero-order chi connectivity index (χ0) is 21.8. The zero-order valence-corrected chi connectivity index (χ0v) is 18.8. The van der Waals surface area contributed by atoms with E-state index in [2.05, 4.69) is 20.5 Å². The molecule has 0 aliphatic rings. The van der Waals surface area contributed by atoms with Gasteiger partial charge in [-0.25, -0.2) is 4.98 Å². The number of primary amides is 1. The smallest absolute Gasteiger partial charge is 0.277 e. The molecule has 0 unspecified atom stereocenters. The highest BCUT2D eigenvalue weighted by atomic mass is 32.2. The molecule has 31 heavy (non-hydrogen) atoms. The minimum Gasteiger partial charge on any atom is -0.416 e. The third kappa shape index (κ3) is 5.37. The number of thiophene rings is 1. The third-order valence-electron chi connectivity index (χ3n) is 4.08. The van der Waals surface area contributed by atoms with Crippen LogP contribution in [0.5, 0.6) is 0 Å². The molecule has 4 aromatic rings. The van der Waals surface area contributed by atoms with E-state index in [1.807, 2.05) is 42.6 Å². The topological polar surface area (TPSA) is 124 Å².